The molecule has 1 aromatic carbocycles. The molecule has 0 aliphatic rings. The number of alkyl halides is 3. The summed E-state index contributed by atoms with van der Waals surface area (Å²) >= 11 is 0. The number of nitrogens with one attached hydrogen (secondary N) is 2. The standard InChI is InChI=1S/C14H19F3N2O4S/c1-10(2)19-24(21,22)12-5-3-11(4-6-12)18-13(20)7-8-23-9-14(15,16)17/h3-6,10,19H,7-9H2,1-2H3,(H,18,20). The first-order chi connectivity index (χ1) is 11.0. The molecule has 0 aromatic heterocycles. The minimum absolute atomic E-state index is 0.0442. The second-order valence-corrected chi connectivity index (χ2v) is 6.98. The molecule has 0 unspecified atom stereocenters. The smallest absolute Gasteiger partial charge is 0.372 e. The summed E-state index contributed by atoms with van der Waals surface area (Å²) in [7, 11) is -3.63. The molecule has 1 aromatic rings. The van der Waals surface area contributed by atoms with Crippen molar-refractivity contribution in [3.8, 4) is 0 Å². The highest BCUT2D eigenvalue weighted by Crippen LogP contribution is 2.16. The summed E-state index contributed by atoms with van der Waals surface area (Å²) in [5.41, 5.74) is 0.333. The number of anilines is 1. The Bertz CT molecular complexity index is 643. The molecule has 1 amide bonds. The highest BCUT2D eigenvalue weighted by atomic mass is 32.2. The Morgan fingerprint density at radius 1 is 1.21 bits per heavy atom. The van der Waals surface area contributed by atoms with E-state index >= 15 is 0 Å². The van der Waals surface area contributed by atoms with Crippen molar-refractivity contribution < 1.29 is 31.1 Å². The van der Waals surface area contributed by atoms with E-state index in [1.807, 2.05) is 0 Å². The molecule has 0 aliphatic heterocycles. The van der Waals surface area contributed by atoms with Crippen molar-refractivity contribution in [1.82, 2.24) is 4.72 Å². The lowest BCUT2D eigenvalue weighted by Gasteiger charge is -2.11. The average molecular weight is 368 g/mol. The van der Waals surface area contributed by atoms with E-state index in [0.717, 1.165) is 0 Å². The van der Waals surface area contributed by atoms with Crippen LogP contribution in [0, 0.1) is 0 Å². The quantitative estimate of drug-likeness (QED) is 0.690. The third-order valence-corrected chi connectivity index (χ3v) is 4.25. The predicted octanol–water partition coefficient (Wildman–Crippen LogP) is 2.28. The molecular formula is C14H19F3N2O4S. The van der Waals surface area contributed by atoms with E-state index in [1.165, 1.54) is 24.3 Å². The van der Waals surface area contributed by atoms with Crippen LogP contribution in [0.4, 0.5) is 18.9 Å². The zero-order chi connectivity index (χ0) is 18.4. The zero-order valence-electron chi connectivity index (χ0n) is 13.2. The van der Waals surface area contributed by atoms with Gasteiger partial charge in [-0.15, -0.1) is 0 Å². The number of ether oxygens (including phenoxy) is 1. The molecule has 1 rings (SSSR count). The van der Waals surface area contributed by atoms with Crippen LogP contribution in [-0.4, -0.2) is 39.8 Å². The van der Waals surface area contributed by atoms with Gasteiger partial charge in [0.25, 0.3) is 0 Å². The van der Waals surface area contributed by atoms with Gasteiger partial charge in [0.15, 0.2) is 0 Å². The van der Waals surface area contributed by atoms with Crippen LogP contribution in [-0.2, 0) is 19.6 Å². The monoisotopic (exact) mass is 368 g/mol. The van der Waals surface area contributed by atoms with Crippen molar-refractivity contribution in [2.75, 3.05) is 18.5 Å². The Hall–Kier alpha value is -1.65. The van der Waals surface area contributed by atoms with Crippen LogP contribution in [0.3, 0.4) is 0 Å². The first kappa shape index (κ1) is 20.4. The lowest BCUT2D eigenvalue weighted by molar-refractivity contribution is -0.174. The van der Waals surface area contributed by atoms with Gasteiger partial charge < -0.3 is 10.1 Å². The highest BCUT2D eigenvalue weighted by molar-refractivity contribution is 7.89. The molecule has 0 fully saturated rings. The number of hydrogen-bond donors (Lipinski definition) is 2. The van der Waals surface area contributed by atoms with Gasteiger partial charge >= 0.3 is 6.18 Å². The van der Waals surface area contributed by atoms with E-state index in [9.17, 15) is 26.4 Å². The van der Waals surface area contributed by atoms with Crippen molar-refractivity contribution in [3.63, 3.8) is 0 Å². The van der Waals surface area contributed by atoms with Gasteiger partial charge in [-0.3, -0.25) is 4.79 Å². The van der Waals surface area contributed by atoms with E-state index in [4.69, 9.17) is 0 Å². The number of amides is 1. The summed E-state index contributed by atoms with van der Waals surface area (Å²) in [4.78, 5) is 11.6. The van der Waals surface area contributed by atoms with Crippen LogP contribution < -0.4 is 10.0 Å². The summed E-state index contributed by atoms with van der Waals surface area (Å²) in [6.07, 6.45) is -4.67. The Labute approximate surface area is 138 Å². The maximum Gasteiger partial charge on any atom is 0.411 e. The molecule has 136 valence electrons. The van der Waals surface area contributed by atoms with Gasteiger partial charge in [-0.2, -0.15) is 13.2 Å². The molecule has 0 heterocycles. The number of rotatable bonds is 8. The molecule has 0 aliphatic carbocycles. The summed E-state index contributed by atoms with van der Waals surface area (Å²) in [5, 5.41) is 2.44. The van der Waals surface area contributed by atoms with Gasteiger partial charge in [-0.1, -0.05) is 0 Å². The summed E-state index contributed by atoms with van der Waals surface area (Å²) < 4.78 is 66.2. The largest absolute Gasteiger partial charge is 0.411 e. The van der Waals surface area contributed by atoms with Crippen LogP contribution in [0.25, 0.3) is 0 Å². The molecule has 0 saturated carbocycles. The van der Waals surface area contributed by atoms with Gasteiger partial charge in [0.2, 0.25) is 15.9 Å². The van der Waals surface area contributed by atoms with Crippen LogP contribution >= 0.6 is 0 Å². The normalized spacial score (nSPS) is 12.4. The van der Waals surface area contributed by atoms with Crippen molar-refractivity contribution in [2.24, 2.45) is 0 Å². The lowest BCUT2D eigenvalue weighted by atomic mass is 10.3. The van der Waals surface area contributed by atoms with E-state index in [2.05, 4.69) is 14.8 Å². The molecule has 0 radical (unpaired) electrons. The Balaban J connectivity index is 2.51. The highest BCUT2D eigenvalue weighted by Gasteiger charge is 2.27. The molecule has 0 spiro atoms. The van der Waals surface area contributed by atoms with Gasteiger partial charge in [-0.25, -0.2) is 13.1 Å². The summed E-state index contributed by atoms with van der Waals surface area (Å²) in [6.45, 7) is 1.60. The van der Waals surface area contributed by atoms with Crippen LogP contribution in [0.2, 0.25) is 0 Å². The fraction of sp³-hybridized carbons (Fsp3) is 0.500. The molecule has 10 heteroatoms. The Morgan fingerprint density at radius 2 is 1.79 bits per heavy atom. The molecule has 0 bridgehead atoms. The maximum absolute atomic E-state index is 11.9. The second kappa shape index (κ2) is 8.45. The van der Waals surface area contributed by atoms with Gasteiger partial charge in [0.1, 0.15) is 6.61 Å². The zero-order valence-corrected chi connectivity index (χ0v) is 14.0. The molecule has 0 saturated heterocycles. The van der Waals surface area contributed by atoms with Gasteiger partial charge in [0, 0.05) is 11.7 Å². The summed E-state index contributed by atoms with van der Waals surface area (Å²) in [6, 6.07) is 5.17. The van der Waals surface area contributed by atoms with Gasteiger partial charge in [0.05, 0.1) is 17.9 Å². The van der Waals surface area contributed by atoms with Crippen molar-refractivity contribution in [1.29, 1.82) is 0 Å². The second-order valence-electron chi connectivity index (χ2n) is 5.27. The molecular weight excluding hydrogens is 349 g/mol. The van der Waals surface area contributed by atoms with Crippen molar-refractivity contribution in [2.45, 2.75) is 37.4 Å². The lowest BCUT2D eigenvalue weighted by Crippen LogP contribution is -2.30. The number of carbonyl (C=O) groups is 1. The number of carbonyl (C=O) groups excluding carboxylic acids is 1. The van der Waals surface area contributed by atoms with E-state index < -0.39 is 28.7 Å². The van der Waals surface area contributed by atoms with Crippen LogP contribution in [0.1, 0.15) is 20.3 Å². The first-order valence-corrected chi connectivity index (χ1v) is 8.55. The van der Waals surface area contributed by atoms with Gasteiger partial charge in [-0.05, 0) is 38.1 Å². The number of benzene rings is 1. The third kappa shape index (κ3) is 7.75. The molecule has 0 atom stereocenters. The Kier molecular flexibility index (Phi) is 7.18. The molecule has 6 nitrogen and oxygen atoms in total. The number of sulfonamides is 1. The van der Waals surface area contributed by atoms with E-state index in [-0.39, 0.29) is 24.0 Å². The van der Waals surface area contributed by atoms with E-state index in [0.29, 0.717) is 5.69 Å². The first-order valence-electron chi connectivity index (χ1n) is 7.06. The minimum atomic E-state index is -4.43. The fourth-order valence-electron chi connectivity index (χ4n) is 1.67. The number of hydrogen-bond acceptors (Lipinski definition) is 4. The number of halogens is 3. The predicted molar refractivity (Wildman–Crippen MR) is 82.0 cm³/mol. The SMILES string of the molecule is CC(C)NS(=O)(=O)c1ccc(NC(=O)CCOCC(F)(F)F)cc1. The molecule has 24 heavy (non-hydrogen) atoms. The third-order valence-electron chi connectivity index (χ3n) is 2.58. The average Bonchev–Trinajstić information content (AvgIpc) is 2.42. The van der Waals surface area contributed by atoms with Crippen LogP contribution in [0.5, 0.6) is 0 Å². The van der Waals surface area contributed by atoms with E-state index in [1.54, 1.807) is 13.8 Å². The maximum atomic E-state index is 11.9. The Morgan fingerprint density at radius 3 is 2.29 bits per heavy atom. The fourth-order valence-corrected chi connectivity index (χ4v) is 2.92. The van der Waals surface area contributed by atoms with Crippen LogP contribution in [0.15, 0.2) is 29.2 Å². The summed E-state index contributed by atoms with van der Waals surface area (Å²) in [5.74, 6) is -0.534. The minimum Gasteiger partial charge on any atom is -0.372 e. The van der Waals surface area contributed by atoms with Crippen molar-refractivity contribution >= 4 is 21.6 Å². The topological polar surface area (TPSA) is 84.5 Å². The van der Waals surface area contributed by atoms with Crippen molar-refractivity contribution in [3.05, 3.63) is 24.3 Å². The molecule has 2 N–H and O–H groups in total.